The molecule has 0 radical (unpaired) electrons. The van der Waals surface area contributed by atoms with Crippen LogP contribution in [-0.4, -0.2) is 22.5 Å². The molecule has 0 bridgehead atoms. The number of carbonyl (C=O) groups excluding carboxylic acids is 2. The molecule has 0 fully saturated rings. The fraction of sp³-hybridized carbons (Fsp3) is 0.455. The molecule has 0 saturated carbocycles. The van der Waals surface area contributed by atoms with Crippen LogP contribution in [0, 0.1) is 0 Å². The van der Waals surface area contributed by atoms with E-state index in [-0.39, 0.29) is 6.42 Å². The van der Waals surface area contributed by atoms with Gasteiger partial charge in [-0.25, -0.2) is 5.01 Å². The number of nitrogens with zero attached hydrogens (tertiary/aromatic N) is 1. The normalized spacial score (nSPS) is 15.1. The first kappa shape index (κ1) is 13.6. The van der Waals surface area contributed by atoms with Crippen LogP contribution in [-0.2, 0) is 14.3 Å². The van der Waals surface area contributed by atoms with E-state index in [1.807, 2.05) is 0 Å². The van der Waals surface area contributed by atoms with Crippen LogP contribution >= 0.6 is 11.6 Å². The predicted molar refractivity (Wildman–Crippen MR) is 63.5 cm³/mol. The van der Waals surface area contributed by atoms with E-state index in [0.717, 1.165) is 0 Å². The molecule has 1 aliphatic rings. The van der Waals surface area contributed by atoms with Gasteiger partial charge in [0, 0.05) is 12.4 Å². The van der Waals surface area contributed by atoms with E-state index < -0.39 is 17.5 Å². The van der Waals surface area contributed by atoms with Gasteiger partial charge in [0.05, 0.1) is 5.03 Å². The molecule has 1 heterocycles. The van der Waals surface area contributed by atoms with Crippen molar-refractivity contribution >= 4 is 23.5 Å². The summed E-state index contributed by atoms with van der Waals surface area (Å²) in [6, 6.07) is 0. The van der Waals surface area contributed by atoms with Gasteiger partial charge in [-0.1, -0.05) is 11.6 Å². The Morgan fingerprint density at radius 3 is 2.59 bits per heavy atom. The van der Waals surface area contributed by atoms with Crippen molar-refractivity contribution in [3.63, 3.8) is 0 Å². The van der Waals surface area contributed by atoms with Crippen molar-refractivity contribution in [2.45, 2.75) is 32.8 Å². The highest BCUT2D eigenvalue weighted by Gasteiger charge is 2.21. The Labute approximate surface area is 105 Å². The first-order valence-electron chi connectivity index (χ1n) is 5.12. The number of esters is 1. The summed E-state index contributed by atoms with van der Waals surface area (Å²) in [6.07, 6.45) is 4.13. The Hall–Kier alpha value is -1.49. The van der Waals surface area contributed by atoms with E-state index in [4.69, 9.17) is 16.3 Å². The van der Waals surface area contributed by atoms with Crippen LogP contribution in [0.1, 0.15) is 27.2 Å². The SMILES string of the molecule is CC(C)(C)OC(=O)CC(=O)N1C=CC(Cl)=CN1. The Kier molecular flexibility index (Phi) is 4.17. The number of hydrazine groups is 1. The molecule has 1 aliphatic heterocycles. The Morgan fingerprint density at radius 2 is 2.12 bits per heavy atom. The van der Waals surface area contributed by atoms with Crippen LogP contribution < -0.4 is 5.43 Å². The van der Waals surface area contributed by atoms with Crippen LogP contribution in [0.5, 0.6) is 0 Å². The van der Waals surface area contributed by atoms with Gasteiger partial charge in [-0.15, -0.1) is 0 Å². The Balaban J connectivity index is 2.46. The van der Waals surface area contributed by atoms with E-state index in [2.05, 4.69) is 5.43 Å². The second-order valence-electron chi connectivity index (χ2n) is 4.50. The summed E-state index contributed by atoms with van der Waals surface area (Å²) < 4.78 is 5.04. The van der Waals surface area contributed by atoms with Crippen LogP contribution in [0.15, 0.2) is 23.5 Å². The van der Waals surface area contributed by atoms with Crippen LogP contribution in [0.2, 0.25) is 0 Å². The summed E-state index contributed by atoms with van der Waals surface area (Å²) in [5, 5.41) is 1.65. The molecule has 5 nitrogen and oxygen atoms in total. The molecule has 1 amide bonds. The van der Waals surface area contributed by atoms with Gasteiger partial charge in [-0.3, -0.25) is 15.0 Å². The van der Waals surface area contributed by atoms with E-state index in [1.165, 1.54) is 17.4 Å². The molecule has 1 N–H and O–H groups in total. The van der Waals surface area contributed by atoms with E-state index in [0.29, 0.717) is 5.03 Å². The summed E-state index contributed by atoms with van der Waals surface area (Å²) >= 11 is 5.66. The number of hydrogen-bond acceptors (Lipinski definition) is 4. The van der Waals surface area contributed by atoms with Gasteiger partial charge in [0.15, 0.2) is 0 Å². The zero-order valence-corrected chi connectivity index (χ0v) is 10.7. The number of allylic oxidation sites excluding steroid dienone is 2. The number of rotatable bonds is 2. The molecule has 1 rings (SSSR count). The summed E-state index contributed by atoms with van der Waals surface area (Å²) in [5.41, 5.74) is 2.04. The fourth-order valence-corrected chi connectivity index (χ4v) is 1.21. The van der Waals surface area contributed by atoms with Gasteiger partial charge in [-0.2, -0.15) is 0 Å². The standard InChI is InChI=1S/C11H15ClN2O3/c1-11(2,3)17-10(16)6-9(15)14-5-4-8(12)7-13-14/h4-5,7,13H,6H2,1-3H3. The average molecular weight is 259 g/mol. The molecule has 0 spiro atoms. The maximum atomic E-state index is 11.6. The van der Waals surface area contributed by atoms with Crippen molar-refractivity contribution in [1.82, 2.24) is 10.4 Å². The van der Waals surface area contributed by atoms with Crippen molar-refractivity contribution in [1.29, 1.82) is 0 Å². The van der Waals surface area contributed by atoms with E-state index in [1.54, 1.807) is 26.8 Å². The average Bonchev–Trinajstić information content (AvgIpc) is 2.15. The van der Waals surface area contributed by atoms with Crippen LogP contribution in [0.4, 0.5) is 0 Å². The number of halogens is 1. The predicted octanol–water partition coefficient (Wildman–Crippen LogP) is 1.66. The molecular formula is C11H15ClN2O3. The zero-order chi connectivity index (χ0) is 13.1. The number of nitrogens with one attached hydrogen (secondary N) is 1. The first-order chi connectivity index (χ1) is 7.78. The van der Waals surface area contributed by atoms with Gasteiger partial charge in [0.2, 0.25) is 0 Å². The van der Waals surface area contributed by atoms with Gasteiger partial charge in [-0.05, 0) is 26.8 Å². The minimum absolute atomic E-state index is 0.319. The van der Waals surface area contributed by atoms with Gasteiger partial charge in [0.1, 0.15) is 12.0 Å². The number of carbonyl (C=O) groups is 2. The highest BCUT2D eigenvalue weighted by Crippen LogP contribution is 2.11. The number of ether oxygens (including phenoxy) is 1. The molecule has 6 heteroatoms. The molecule has 0 aromatic carbocycles. The monoisotopic (exact) mass is 258 g/mol. The minimum atomic E-state index is -0.592. The minimum Gasteiger partial charge on any atom is -0.460 e. The molecule has 0 aromatic heterocycles. The van der Waals surface area contributed by atoms with Crippen LogP contribution in [0.25, 0.3) is 0 Å². The number of hydrogen-bond donors (Lipinski definition) is 1. The summed E-state index contributed by atoms with van der Waals surface area (Å²) in [6.45, 7) is 5.24. The fourth-order valence-electron chi connectivity index (χ4n) is 1.11. The third-order valence-electron chi connectivity index (χ3n) is 1.71. The van der Waals surface area contributed by atoms with Crippen molar-refractivity contribution in [3.05, 3.63) is 23.5 Å². The second kappa shape index (κ2) is 5.23. The van der Waals surface area contributed by atoms with Gasteiger partial charge < -0.3 is 4.74 Å². The maximum absolute atomic E-state index is 11.6. The molecular weight excluding hydrogens is 244 g/mol. The topological polar surface area (TPSA) is 58.6 Å². The van der Waals surface area contributed by atoms with Crippen molar-refractivity contribution in [2.75, 3.05) is 0 Å². The molecule has 0 atom stereocenters. The van der Waals surface area contributed by atoms with E-state index in [9.17, 15) is 9.59 Å². The van der Waals surface area contributed by atoms with Gasteiger partial charge >= 0.3 is 5.97 Å². The molecule has 0 aliphatic carbocycles. The van der Waals surface area contributed by atoms with Gasteiger partial charge in [0.25, 0.3) is 5.91 Å². The Bertz CT molecular complexity index is 383. The number of amides is 1. The largest absolute Gasteiger partial charge is 0.460 e. The molecule has 0 aromatic rings. The Morgan fingerprint density at radius 1 is 1.47 bits per heavy atom. The maximum Gasteiger partial charge on any atom is 0.315 e. The third kappa shape index (κ3) is 4.91. The lowest BCUT2D eigenvalue weighted by Gasteiger charge is -2.22. The summed E-state index contributed by atoms with van der Waals surface area (Å²) in [4.78, 5) is 23.1. The first-order valence-corrected chi connectivity index (χ1v) is 5.50. The lowest BCUT2D eigenvalue weighted by atomic mass is 10.2. The second-order valence-corrected chi connectivity index (χ2v) is 4.94. The molecule has 17 heavy (non-hydrogen) atoms. The van der Waals surface area contributed by atoms with Crippen molar-refractivity contribution < 1.29 is 14.3 Å². The quantitative estimate of drug-likeness (QED) is 0.605. The highest BCUT2D eigenvalue weighted by molar-refractivity contribution is 6.31. The third-order valence-corrected chi connectivity index (χ3v) is 1.94. The lowest BCUT2D eigenvalue weighted by molar-refractivity contribution is -0.158. The highest BCUT2D eigenvalue weighted by atomic mass is 35.5. The summed E-state index contributed by atoms with van der Waals surface area (Å²) in [7, 11) is 0. The molecule has 94 valence electrons. The zero-order valence-electron chi connectivity index (χ0n) is 9.99. The van der Waals surface area contributed by atoms with Crippen LogP contribution in [0.3, 0.4) is 0 Å². The molecule has 0 unspecified atom stereocenters. The molecule has 0 saturated heterocycles. The smallest absolute Gasteiger partial charge is 0.315 e. The van der Waals surface area contributed by atoms with E-state index >= 15 is 0 Å². The lowest BCUT2D eigenvalue weighted by Crippen LogP contribution is -2.38. The van der Waals surface area contributed by atoms with Crippen molar-refractivity contribution in [2.24, 2.45) is 0 Å². The van der Waals surface area contributed by atoms with Crippen molar-refractivity contribution in [3.8, 4) is 0 Å². The summed E-state index contributed by atoms with van der Waals surface area (Å²) in [5.74, 6) is -0.964.